The van der Waals surface area contributed by atoms with Gasteiger partial charge in [0.05, 0.1) is 4.47 Å². The molecule has 0 aromatic heterocycles. The van der Waals surface area contributed by atoms with Crippen molar-refractivity contribution in [1.82, 2.24) is 10.2 Å². The molecule has 136 valence electrons. The van der Waals surface area contributed by atoms with Crippen LogP contribution >= 0.6 is 31.9 Å². The zero-order valence-corrected chi connectivity index (χ0v) is 17.0. The van der Waals surface area contributed by atoms with Gasteiger partial charge >= 0.3 is 0 Å². The summed E-state index contributed by atoms with van der Waals surface area (Å²) < 4.78 is 14.5. The van der Waals surface area contributed by atoms with E-state index in [1.54, 1.807) is 29.2 Å². The van der Waals surface area contributed by atoms with Crippen LogP contribution in [0.4, 0.5) is 4.39 Å². The van der Waals surface area contributed by atoms with Gasteiger partial charge in [-0.15, -0.1) is 0 Å². The lowest BCUT2D eigenvalue weighted by Crippen LogP contribution is -2.45. The third-order valence-electron chi connectivity index (χ3n) is 4.36. The predicted octanol–water partition coefficient (Wildman–Crippen LogP) is 4.27. The SMILES string of the molecule is O=C(NCc1ccc(F)c(Br)c1)C1CCCN1C(=O)c1ccc(Br)cc1. The highest BCUT2D eigenvalue weighted by atomic mass is 79.9. The molecule has 0 aliphatic carbocycles. The number of rotatable bonds is 4. The molecule has 3 rings (SSSR count). The maximum atomic E-state index is 13.3. The van der Waals surface area contributed by atoms with E-state index >= 15 is 0 Å². The number of benzene rings is 2. The third kappa shape index (κ3) is 4.32. The van der Waals surface area contributed by atoms with Gasteiger partial charge in [-0.25, -0.2) is 4.39 Å². The van der Waals surface area contributed by atoms with Gasteiger partial charge in [0, 0.05) is 23.1 Å². The summed E-state index contributed by atoms with van der Waals surface area (Å²) in [6.45, 7) is 0.851. The quantitative estimate of drug-likeness (QED) is 0.705. The highest BCUT2D eigenvalue weighted by Gasteiger charge is 2.34. The molecule has 26 heavy (non-hydrogen) atoms. The molecule has 7 heteroatoms. The summed E-state index contributed by atoms with van der Waals surface area (Å²) in [5.74, 6) is -0.671. The monoisotopic (exact) mass is 482 g/mol. The highest BCUT2D eigenvalue weighted by molar-refractivity contribution is 9.10. The lowest BCUT2D eigenvalue weighted by Gasteiger charge is -2.24. The second-order valence-corrected chi connectivity index (χ2v) is 7.90. The molecule has 2 amide bonds. The molecule has 4 nitrogen and oxygen atoms in total. The molecule has 1 atom stereocenters. The summed E-state index contributed by atoms with van der Waals surface area (Å²) in [7, 11) is 0. The first kappa shape index (κ1) is 19.0. The topological polar surface area (TPSA) is 49.4 Å². The number of amides is 2. The molecule has 1 fully saturated rings. The predicted molar refractivity (Wildman–Crippen MR) is 104 cm³/mol. The molecule has 0 spiro atoms. The Morgan fingerprint density at radius 1 is 1.15 bits per heavy atom. The van der Waals surface area contributed by atoms with Crippen molar-refractivity contribution in [2.45, 2.75) is 25.4 Å². The Morgan fingerprint density at radius 2 is 1.88 bits per heavy atom. The van der Waals surface area contributed by atoms with Crippen LogP contribution in [-0.2, 0) is 11.3 Å². The molecule has 1 unspecified atom stereocenters. The average molecular weight is 484 g/mol. The lowest BCUT2D eigenvalue weighted by atomic mass is 10.1. The molecule has 0 bridgehead atoms. The fourth-order valence-electron chi connectivity index (χ4n) is 3.00. The first-order valence-electron chi connectivity index (χ1n) is 8.24. The van der Waals surface area contributed by atoms with Gasteiger partial charge in [0.1, 0.15) is 11.9 Å². The number of carbonyl (C=O) groups is 2. The van der Waals surface area contributed by atoms with E-state index in [4.69, 9.17) is 0 Å². The van der Waals surface area contributed by atoms with Crippen molar-refractivity contribution in [3.05, 3.63) is 68.4 Å². The van der Waals surface area contributed by atoms with E-state index in [1.165, 1.54) is 6.07 Å². The normalized spacial score (nSPS) is 16.6. The van der Waals surface area contributed by atoms with Crippen molar-refractivity contribution in [2.24, 2.45) is 0 Å². The standard InChI is InChI=1S/C19H17Br2FN2O2/c20-14-6-4-13(5-7-14)19(26)24-9-1-2-17(24)18(25)23-11-12-3-8-16(22)15(21)10-12/h3-8,10,17H,1-2,9,11H2,(H,23,25). The van der Waals surface area contributed by atoms with Crippen molar-refractivity contribution >= 4 is 43.7 Å². The third-order valence-corrected chi connectivity index (χ3v) is 5.49. The fourth-order valence-corrected chi connectivity index (χ4v) is 3.69. The molecule has 1 N–H and O–H groups in total. The van der Waals surface area contributed by atoms with E-state index in [0.717, 1.165) is 16.5 Å². The van der Waals surface area contributed by atoms with Crippen LogP contribution in [0.15, 0.2) is 51.4 Å². The molecule has 0 radical (unpaired) electrons. The molecule has 1 heterocycles. The van der Waals surface area contributed by atoms with Crippen LogP contribution in [0.1, 0.15) is 28.8 Å². The molecule has 1 aliphatic rings. The Morgan fingerprint density at radius 3 is 2.58 bits per heavy atom. The van der Waals surface area contributed by atoms with E-state index in [0.29, 0.717) is 23.0 Å². The number of hydrogen-bond donors (Lipinski definition) is 1. The van der Waals surface area contributed by atoms with Gasteiger partial charge in [-0.05, 0) is 70.7 Å². The van der Waals surface area contributed by atoms with Crippen molar-refractivity contribution in [1.29, 1.82) is 0 Å². The smallest absolute Gasteiger partial charge is 0.254 e. The maximum Gasteiger partial charge on any atom is 0.254 e. The fraction of sp³-hybridized carbons (Fsp3) is 0.263. The molecular weight excluding hydrogens is 467 g/mol. The zero-order valence-electron chi connectivity index (χ0n) is 13.8. The van der Waals surface area contributed by atoms with Gasteiger partial charge in [-0.1, -0.05) is 22.0 Å². The maximum absolute atomic E-state index is 13.3. The van der Waals surface area contributed by atoms with Gasteiger partial charge in [-0.2, -0.15) is 0 Å². The molecule has 0 saturated carbocycles. The summed E-state index contributed by atoms with van der Waals surface area (Å²) in [5, 5.41) is 2.85. The van der Waals surface area contributed by atoms with Crippen molar-refractivity contribution < 1.29 is 14.0 Å². The summed E-state index contributed by atoms with van der Waals surface area (Å²) in [4.78, 5) is 26.9. The number of halogens is 3. The van der Waals surface area contributed by atoms with Gasteiger partial charge in [-0.3, -0.25) is 9.59 Å². The molecule has 2 aromatic carbocycles. The Balaban J connectivity index is 1.65. The van der Waals surface area contributed by atoms with Gasteiger partial charge in [0.25, 0.3) is 5.91 Å². The van der Waals surface area contributed by atoms with Crippen LogP contribution in [0, 0.1) is 5.82 Å². The number of carbonyl (C=O) groups excluding carboxylic acids is 2. The van der Waals surface area contributed by atoms with Crippen LogP contribution in [0.25, 0.3) is 0 Å². The van der Waals surface area contributed by atoms with Gasteiger partial charge in [0.15, 0.2) is 0 Å². The molecule has 2 aromatic rings. The van der Waals surface area contributed by atoms with E-state index in [2.05, 4.69) is 37.2 Å². The Hall–Kier alpha value is -1.73. The van der Waals surface area contributed by atoms with E-state index in [-0.39, 0.29) is 24.2 Å². The average Bonchev–Trinajstić information content (AvgIpc) is 3.12. The minimum atomic E-state index is -0.477. The van der Waals surface area contributed by atoms with Crippen LogP contribution in [0.2, 0.25) is 0 Å². The largest absolute Gasteiger partial charge is 0.350 e. The van der Waals surface area contributed by atoms with Crippen molar-refractivity contribution in [3.8, 4) is 0 Å². The minimum Gasteiger partial charge on any atom is -0.350 e. The van der Waals surface area contributed by atoms with Gasteiger partial charge in [0.2, 0.25) is 5.91 Å². The molecular formula is C19H17Br2FN2O2. The van der Waals surface area contributed by atoms with Crippen molar-refractivity contribution in [3.63, 3.8) is 0 Å². The van der Waals surface area contributed by atoms with Crippen molar-refractivity contribution in [2.75, 3.05) is 6.54 Å². The van der Waals surface area contributed by atoms with Crippen LogP contribution in [0.3, 0.4) is 0 Å². The summed E-state index contributed by atoms with van der Waals surface area (Å²) in [6.07, 6.45) is 1.43. The molecule has 1 saturated heterocycles. The Labute approximate surface area is 168 Å². The Bertz CT molecular complexity index is 827. The number of likely N-dealkylation sites (tertiary alicyclic amines) is 1. The number of hydrogen-bond acceptors (Lipinski definition) is 2. The first-order valence-corrected chi connectivity index (χ1v) is 9.82. The minimum absolute atomic E-state index is 0.139. The zero-order chi connectivity index (χ0) is 18.7. The van der Waals surface area contributed by atoms with Crippen LogP contribution in [-0.4, -0.2) is 29.3 Å². The van der Waals surface area contributed by atoms with Crippen LogP contribution < -0.4 is 5.32 Å². The molecule has 1 aliphatic heterocycles. The summed E-state index contributed by atoms with van der Waals surface area (Å²) >= 11 is 6.48. The van der Waals surface area contributed by atoms with E-state index in [1.807, 2.05) is 12.1 Å². The highest BCUT2D eigenvalue weighted by Crippen LogP contribution is 2.22. The number of nitrogens with zero attached hydrogens (tertiary/aromatic N) is 1. The number of nitrogens with one attached hydrogen (secondary N) is 1. The summed E-state index contributed by atoms with van der Waals surface area (Å²) in [6, 6.07) is 11.2. The van der Waals surface area contributed by atoms with E-state index < -0.39 is 6.04 Å². The Kier molecular flexibility index (Phi) is 6.09. The van der Waals surface area contributed by atoms with Gasteiger partial charge < -0.3 is 10.2 Å². The second kappa shape index (κ2) is 8.31. The lowest BCUT2D eigenvalue weighted by molar-refractivity contribution is -0.125. The second-order valence-electron chi connectivity index (χ2n) is 6.13. The van der Waals surface area contributed by atoms with Crippen LogP contribution in [0.5, 0.6) is 0 Å². The first-order chi connectivity index (χ1) is 12.5. The summed E-state index contributed by atoms with van der Waals surface area (Å²) in [5.41, 5.74) is 1.35. The van der Waals surface area contributed by atoms with E-state index in [9.17, 15) is 14.0 Å².